The summed E-state index contributed by atoms with van der Waals surface area (Å²) in [5, 5.41) is 3.22. The maximum absolute atomic E-state index is 12.6. The number of anilines is 1. The van der Waals surface area contributed by atoms with E-state index in [-0.39, 0.29) is 11.7 Å². The maximum Gasteiger partial charge on any atom is 0.257 e. The van der Waals surface area contributed by atoms with Crippen LogP contribution in [-0.2, 0) is 23.0 Å². The number of amides is 1. The van der Waals surface area contributed by atoms with E-state index in [1.807, 2.05) is 0 Å². The van der Waals surface area contributed by atoms with E-state index in [2.05, 4.69) is 10.3 Å². The number of carbonyl (C=O) groups excluding carboxylic acids is 1. The molecule has 1 aliphatic heterocycles. The minimum Gasteiger partial charge on any atom is -0.497 e. The number of nitrogens with one attached hydrogen (secondary N) is 1. The summed E-state index contributed by atoms with van der Waals surface area (Å²) < 4.78 is 36.0. The number of benzene rings is 1. The maximum atomic E-state index is 12.6. The predicted octanol–water partition coefficient (Wildman–Crippen LogP) is 2.12. The molecule has 27 heavy (non-hydrogen) atoms. The molecule has 10 heteroatoms. The number of carbonyl (C=O) groups is 1. The van der Waals surface area contributed by atoms with Crippen LogP contribution in [0.2, 0.25) is 0 Å². The van der Waals surface area contributed by atoms with Crippen LogP contribution in [-0.4, -0.2) is 50.1 Å². The van der Waals surface area contributed by atoms with Crippen LogP contribution in [0.25, 0.3) is 0 Å². The predicted molar refractivity (Wildman–Crippen MR) is 103 cm³/mol. The molecule has 0 radical (unpaired) electrons. The highest BCUT2D eigenvalue weighted by molar-refractivity contribution is 7.89. The fourth-order valence-corrected chi connectivity index (χ4v) is 4.91. The minimum atomic E-state index is -3.24. The standard InChI is InChI=1S/C17H21N3O5S2/c1-4-27(22,23)20-6-5-14-15(10-20)26-17(18-14)19-16(21)11-7-12(24-2)9-13(8-11)25-3/h7-9H,4-6,10H2,1-3H3,(H,18,19,21). The summed E-state index contributed by atoms with van der Waals surface area (Å²) in [6.07, 6.45) is 0.536. The van der Waals surface area contributed by atoms with Gasteiger partial charge in [0.1, 0.15) is 11.5 Å². The number of ether oxygens (including phenoxy) is 2. The van der Waals surface area contributed by atoms with Crippen molar-refractivity contribution in [3.63, 3.8) is 0 Å². The molecule has 0 spiro atoms. The molecule has 1 N–H and O–H groups in total. The van der Waals surface area contributed by atoms with Crippen LogP contribution in [0.15, 0.2) is 18.2 Å². The first-order chi connectivity index (χ1) is 12.9. The minimum absolute atomic E-state index is 0.0718. The van der Waals surface area contributed by atoms with Gasteiger partial charge in [0, 0.05) is 36.0 Å². The third-order valence-corrected chi connectivity index (χ3v) is 7.11. The van der Waals surface area contributed by atoms with Crippen molar-refractivity contribution >= 4 is 32.4 Å². The van der Waals surface area contributed by atoms with Crippen LogP contribution in [0, 0.1) is 0 Å². The summed E-state index contributed by atoms with van der Waals surface area (Å²) in [7, 11) is -0.208. The van der Waals surface area contributed by atoms with Crippen LogP contribution < -0.4 is 14.8 Å². The molecule has 8 nitrogen and oxygen atoms in total. The fourth-order valence-electron chi connectivity index (χ4n) is 2.75. The van der Waals surface area contributed by atoms with Gasteiger partial charge in [-0.25, -0.2) is 13.4 Å². The SMILES string of the molecule is CCS(=O)(=O)N1CCc2nc(NC(=O)c3cc(OC)cc(OC)c3)sc2C1. The summed E-state index contributed by atoms with van der Waals surface area (Å²) in [6, 6.07) is 4.91. The average molecular weight is 412 g/mol. The molecule has 0 saturated heterocycles. The molecular formula is C17H21N3O5S2. The van der Waals surface area contributed by atoms with Gasteiger partial charge >= 0.3 is 0 Å². The largest absolute Gasteiger partial charge is 0.497 e. The molecule has 2 aromatic rings. The third-order valence-electron chi connectivity index (χ3n) is 4.29. The zero-order chi connectivity index (χ0) is 19.6. The van der Waals surface area contributed by atoms with E-state index in [4.69, 9.17) is 9.47 Å². The van der Waals surface area contributed by atoms with E-state index in [0.29, 0.717) is 41.7 Å². The van der Waals surface area contributed by atoms with Crippen molar-refractivity contribution < 1.29 is 22.7 Å². The van der Waals surface area contributed by atoms with Gasteiger partial charge in [0.05, 0.1) is 25.7 Å². The van der Waals surface area contributed by atoms with E-state index in [9.17, 15) is 13.2 Å². The highest BCUT2D eigenvalue weighted by Crippen LogP contribution is 2.30. The third kappa shape index (κ3) is 4.23. The van der Waals surface area contributed by atoms with E-state index < -0.39 is 10.0 Å². The van der Waals surface area contributed by atoms with Crippen LogP contribution in [0.5, 0.6) is 11.5 Å². The lowest BCUT2D eigenvalue weighted by atomic mass is 10.2. The molecule has 2 heterocycles. The molecule has 146 valence electrons. The van der Waals surface area contributed by atoms with E-state index >= 15 is 0 Å². The van der Waals surface area contributed by atoms with Crippen molar-refractivity contribution in [2.45, 2.75) is 19.9 Å². The fraction of sp³-hybridized carbons (Fsp3) is 0.412. The van der Waals surface area contributed by atoms with Crippen molar-refractivity contribution in [2.24, 2.45) is 0 Å². The zero-order valence-corrected chi connectivity index (χ0v) is 16.9. The average Bonchev–Trinajstić information content (AvgIpc) is 3.08. The molecular weight excluding hydrogens is 390 g/mol. The lowest BCUT2D eigenvalue weighted by Gasteiger charge is -2.24. The van der Waals surface area contributed by atoms with Crippen LogP contribution in [0.1, 0.15) is 27.9 Å². The Morgan fingerprint density at radius 3 is 2.52 bits per heavy atom. The van der Waals surface area contributed by atoms with Gasteiger partial charge in [-0.1, -0.05) is 0 Å². The summed E-state index contributed by atoms with van der Waals surface area (Å²) in [5.74, 6) is 0.760. The first-order valence-corrected chi connectivity index (χ1v) is 10.8. The van der Waals surface area contributed by atoms with Gasteiger partial charge in [-0.15, -0.1) is 11.3 Å². The van der Waals surface area contributed by atoms with Crippen molar-refractivity contribution in [1.82, 2.24) is 9.29 Å². The number of fused-ring (bicyclic) bond motifs is 1. The van der Waals surface area contributed by atoms with Crippen LogP contribution >= 0.6 is 11.3 Å². The first kappa shape index (κ1) is 19.6. The molecule has 0 atom stereocenters. The van der Waals surface area contributed by atoms with Gasteiger partial charge in [-0.3, -0.25) is 10.1 Å². The second kappa shape index (κ2) is 7.83. The Morgan fingerprint density at radius 1 is 1.26 bits per heavy atom. The van der Waals surface area contributed by atoms with Crippen molar-refractivity contribution in [3.8, 4) is 11.5 Å². The number of hydrogen-bond donors (Lipinski definition) is 1. The Kier molecular flexibility index (Phi) is 5.68. The number of hydrogen-bond acceptors (Lipinski definition) is 7. The van der Waals surface area contributed by atoms with E-state index in [1.165, 1.54) is 29.9 Å². The molecule has 0 unspecified atom stereocenters. The second-order valence-corrected chi connectivity index (χ2v) is 9.27. The Hall–Kier alpha value is -2.17. The molecule has 0 saturated carbocycles. The molecule has 1 aromatic carbocycles. The Morgan fingerprint density at radius 2 is 1.93 bits per heavy atom. The Bertz CT molecular complexity index is 933. The van der Waals surface area contributed by atoms with Gasteiger partial charge in [-0.2, -0.15) is 4.31 Å². The zero-order valence-electron chi connectivity index (χ0n) is 15.3. The Balaban J connectivity index is 1.78. The molecule has 0 fully saturated rings. The van der Waals surface area contributed by atoms with Gasteiger partial charge < -0.3 is 9.47 Å². The molecule has 0 aliphatic carbocycles. The topological polar surface area (TPSA) is 97.8 Å². The van der Waals surface area contributed by atoms with Crippen LogP contribution in [0.4, 0.5) is 5.13 Å². The summed E-state index contributed by atoms with van der Waals surface area (Å²) in [5.41, 5.74) is 1.22. The smallest absolute Gasteiger partial charge is 0.257 e. The summed E-state index contributed by atoms with van der Waals surface area (Å²) >= 11 is 1.30. The normalized spacial score (nSPS) is 14.5. The monoisotopic (exact) mass is 411 g/mol. The second-order valence-electron chi connectivity index (χ2n) is 5.93. The van der Waals surface area contributed by atoms with Crippen molar-refractivity contribution in [2.75, 3.05) is 31.8 Å². The number of thiazole rings is 1. The van der Waals surface area contributed by atoms with Crippen molar-refractivity contribution in [3.05, 3.63) is 34.3 Å². The molecule has 1 amide bonds. The van der Waals surface area contributed by atoms with Gasteiger partial charge in [0.2, 0.25) is 10.0 Å². The number of rotatable bonds is 6. The molecule has 1 aromatic heterocycles. The Labute approximate surface area is 162 Å². The van der Waals surface area contributed by atoms with E-state index in [1.54, 1.807) is 25.1 Å². The van der Waals surface area contributed by atoms with Gasteiger partial charge in [0.25, 0.3) is 5.91 Å². The van der Waals surface area contributed by atoms with Gasteiger partial charge in [-0.05, 0) is 19.1 Å². The van der Waals surface area contributed by atoms with Gasteiger partial charge in [0.15, 0.2) is 5.13 Å². The number of methoxy groups -OCH3 is 2. The molecule has 1 aliphatic rings. The number of aromatic nitrogens is 1. The quantitative estimate of drug-likeness (QED) is 0.782. The lowest BCUT2D eigenvalue weighted by molar-refractivity contribution is 0.102. The summed E-state index contributed by atoms with van der Waals surface area (Å²) in [4.78, 5) is 17.9. The van der Waals surface area contributed by atoms with Crippen LogP contribution in [0.3, 0.4) is 0 Å². The number of nitrogens with zero attached hydrogens (tertiary/aromatic N) is 2. The molecule has 3 rings (SSSR count). The molecule has 0 bridgehead atoms. The van der Waals surface area contributed by atoms with Crippen molar-refractivity contribution in [1.29, 1.82) is 0 Å². The van der Waals surface area contributed by atoms with E-state index in [0.717, 1.165) is 10.6 Å². The summed E-state index contributed by atoms with van der Waals surface area (Å²) in [6.45, 7) is 2.34. The lowest BCUT2D eigenvalue weighted by Crippen LogP contribution is -2.36. The highest BCUT2D eigenvalue weighted by atomic mass is 32.2. The highest BCUT2D eigenvalue weighted by Gasteiger charge is 2.28. The number of sulfonamides is 1. The first-order valence-electron chi connectivity index (χ1n) is 8.37.